The predicted octanol–water partition coefficient (Wildman–Crippen LogP) is 0.329. The van der Waals surface area contributed by atoms with Crippen molar-refractivity contribution in [1.82, 2.24) is 0 Å². The van der Waals surface area contributed by atoms with Crippen molar-refractivity contribution >= 4 is 0 Å². The molecule has 2 nitrogen and oxygen atoms in total. The van der Waals surface area contributed by atoms with Crippen LogP contribution in [0.3, 0.4) is 0 Å². The monoisotopic (exact) mass is 106 g/mol. The summed E-state index contributed by atoms with van der Waals surface area (Å²) in [5, 5.41) is 0. The molecule has 1 aliphatic heterocycles. The molecule has 1 aliphatic rings. The summed E-state index contributed by atoms with van der Waals surface area (Å²) in [7, 11) is 0. The lowest BCUT2D eigenvalue weighted by atomic mass is 10.4. The predicted molar refractivity (Wildman–Crippen MR) is 21.7 cm³/mol. The van der Waals surface area contributed by atoms with Gasteiger partial charge in [0.2, 0.25) is 0 Å². The molecule has 0 saturated carbocycles. The Balaban J connectivity index is 2.12. The minimum atomic E-state index is -0.909. The summed E-state index contributed by atoms with van der Waals surface area (Å²) in [6.07, 6.45) is -0.909. The molecule has 42 valence electrons. The Labute approximate surface area is 41.2 Å². The molecule has 0 bridgehead atoms. The zero-order valence-corrected chi connectivity index (χ0v) is 3.89. The highest BCUT2D eigenvalue weighted by Crippen LogP contribution is 1.98. The highest BCUT2D eigenvalue weighted by atomic mass is 19.1. The molecular formula is C4H7FO2. The van der Waals surface area contributed by atoms with Gasteiger partial charge in [-0.25, -0.2) is 4.39 Å². The van der Waals surface area contributed by atoms with E-state index in [1.165, 1.54) is 0 Å². The fourth-order valence-corrected chi connectivity index (χ4v) is 0.459. The summed E-state index contributed by atoms with van der Waals surface area (Å²) in [4.78, 5) is 0. The molecule has 0 aromatic carbocycles. The molecule has 0 N–H and O–H groups in total. The average Bonchev–Trinajstić information content (AvgIpc) is 1.69. The Hall–Kier alpha value is -0.150. The van der Waals surface area contributed by atoms with E-state index < -0.39 is 6.17 Å². The fourth-order valence-electron chi connectivity index (χ4n) is 0.459. The minimum absolute atomic E-state index is 0.194. The first-order chi connectivity index (χ1) is 3.39. The normalized spacial score (nSPS) is 25.3. The first kappa shape index (κ1) is 5.00. The Bertz CT molecular complexity index is 51.7. The van der Waals surface area contributed by atoms with E-state index in [9.17, 15) is 4.39 Å². The number of rotatable bonds is 0. The highest BCUT2D eigenvalue weighted by Gasteiger charge is 2.10. The first-order valence-corrected chi connectivity index (χ1v) is 2.19. The lowest BCUT2D eigenvalue weighted by Crippen LogP contribution is -2.24. The molecule has 1 fully saturated rings. The van der Waals surface area contributed by atoms with Crippen LogP contribution in [-0.4, -0.2) is 26.2 Å². The molecular weight excluding hydrogens is 99.0 g/mol. The van der Waals surface area contributed by atoms with E-state index in [-0.39, 0.29) is 20.0 Å². The molecule has 0 aromatic heterocycles. The number of alkyl halides is 1. The lowest BCUT2D eigenvalue weighted by Gasteiger charge is -2.14. The lowest BCUT2D eigenvalue weighted by molar-refractivity contribution is -0.131. The van der Waals surface area contributed by atoms with E-state index in [0.717, 1.165) is 0 Å². The van der Waals surface area contributed by atoms with Crippen molar-refractivity contribution in [3.05, 3.63) is 0 Å². The maximum Gasteiger partial charge on any atom is 0.147 e. The van der Waals surface area contributed by atoms with Crippen molar-refractivity contribution in [2.45, 2.75) is 6.17 Å². The fraction of sp³-hybridized carbons (Fsp3) is 1.00. The van der Waals surface area contributed by atoms with Crippen LogP contribution >= 0.6 is 0 Å². The Morgan fingerprint density at radius 3 is 2.14 bits per heavy atom. The molecule has 1 rings (SSSR count). The van der Waals surface area contributed by atoms with E-state index in [1.807, 2.05) is 0 Å². The van der Waals surface area contributed by atoms with Crippen molar-refractivity contribution in [3.63, 3.8) is 0 Å². The molecule has 7 heavy (non-hydrogen) atoms. The van der Waals surface area contributed by atoms with Crippen molar-refractivity contribution in [3.8, 4) is 0 Å². The van der Waals surface area contributed by atoms with Crippen molar-refractivity contribution < 1.29 is 13.9 Å². The van der Waals surface area contributed by atoms with Gasteiger partial charge >= 0.3 is 0 Å². The van der Waals surface area contributed by atoms with Crippen LogP contribution in [0.5, 0.6) is 0 Å². The summed E-state index contributed by atoms with van der Waals surface area (Å²) < 4.78 is 21.1. The average molecular weight is 106 g/mol. The zero-order valence-electron chi connectivity index (χ0n) is 3.89. The minimum Gasteiger partial charge on any atom is -0.352 e. The van der Waals surface area contributed by atoms with Gasteiger partial charge in [-0.3, -0.25) is 0 Å². The molecule has 3 heteroatoms. The molecule has 0 aromatic rings. The molecule has 0 amide bonds. The summed E-state index contributed by atoms with van der Waals surface area (Å²) in [5.41, 5.74) is 0. The second kappa shape index (κ2) is 2.23. The van der Waals surface area contributed by atoms with Crippen LogP contribution in [-0.2, 0) is 9.47 Å². The topological polar surface area (TPSA) is 18.5 Å². The Kier molecular flexibility index (Phi) is 1.59. The molecule has 0 atom stereocenters. The number of hydrogen-bond acceptors (Lipinski definition) is 2. The second-order valence-corrected chi connectivity index (χ2v) is 1.46. The first-order valence-electron chi connectivity index (χ1n) is 2.19. The maximum atomic E-state index is 11.9. The maximum absolute atomic E-state index is 11.9. The summed E-state index contributed by atoms with van der Waals surface area (Å²) in [6.45, 7) is 0.639. The van der Waals surface area contributed by atoms with Crippen LogP contribution < -0.4 is 0 Å². The van der Waals surface area contributed by atoms with Gasteiger partial charge in [0.05, 0.1) is 13.2 Å². The molecule has 0 unspecified atom stereocenters. The standard InChI is InChI=1S/C4H7FO2/c5-4-1-6-3-7-2-4/h4H,1-3H2. The van der Waals surface area contributed by atoms with Crippen LogP contribution in [0.4, 0.5) is 4.39 Å². The number of hydrogen-bond donors (Lipinski definition) is 0. The second-order valence-electron chi connectivity index (χ2n) is 1.46. The summed E-state index contributed by atoms with van der Waals surface area (Å²) in [6, 6.07) is 0. The number of halogens is 1. The van der Waals surface area contributed by atoms with Gasteiger partial charge in [0, 0.05) is 0 Å². The summed E-state index contributed by atoms with van der Waals surface area (Å²) >= 11 is 0. The van der Waals surface area contributed by atoms with Crippen molar-refractivity contribution in [1.29, 1.82) is 0 Å². The molecule has 0 radical (unpaired) electrons. The van der Waals surface area contributed by atoms with Gasteiger partial charge in [0.15, 0.2) is 0 Å². The van der Waals surface area contributed by atoms with Gasteiger partial charge in [-0.15, -0.1) is 0 Å². The van der Waals surface area contributed by atoms with E-state index in [2.05, 4.69) is 9.47 Å². The highest BCUT2D eigenvalue weighted by molar-refractivity contribution is 4.52. The van der Waals surface area contributed by atoms with Crippen molar-refractivity contribution in [2.24, 2.45) is 0 Å². The molecule has 1 heterocycles. The van der Waals surface area contributed by atoms with Crippen LogP contribution in [0, 0.1) is 0 Å². The largest absolute Gasteiger partial charge is 0.352 e. The third kappa shape index (κ3) is 1.41. The zero-order chi connectivity index (χ0) is 5.11. The van der Waals surface area contributed by atoms with E-state index >= 15 is 0 Å². The Morgan fingerprint density at radius 2 is 1.86 bits per heavy atom. The summed E-state index contributed by atoms with van der Waals surface area (Å²) in [5.74, 6) is 0. The van der Waals surface area contributed by atoms with E-state index in [1.54, 1.807) is 0 Å². The quantitative estimate of drug-likeness (QED) is 0.443. The smallest absolute Gasteiger partial charge is 0.147 e. The van der Waals surface area contributed by atoms with E-state index in [4.69, 9.17) is 0 Å². The van der Waals surface area contributed by atoms with Gasteiger partial charge < -0.3 is 9.47 Å². The third-order valence-corrected chi connectivity index (χ3v) is 0.764. The van der Waals surface area contributed by atoms with Crippen LogP contribution in [0.1, 0.15) is 0 Å². The third-order valence-electron chi connectivity index (χ3n) is 0.764. The van der Waals surface area contributed by atoms with Crippen LogP contribution in [0.25, 0.3) is 0 Å². The van der Waals surface area contributed by atoms with Gasteiger partial charge in [-0.05, 0) is 0 Å². The molecule has 0 spiro atoms. The molecule has 1 saturated heterocycles. The molecule has 0 aliphatic carbocycles. The van der Waals surface area contributed by atoms with Gasteiger partial charge in [0.1, 0.15) is 13.0 Å². The van der Waals surface area contributed by atoms with Gasteiger partial charge in [-0.1, -0.05) is 0 Å². The van der Waals surface area contributed by atoms with Gasteiger partial charge in [0.25, 0.3) is 0 Å². The van der Waals surface area contributed by atoms with Crippen LogP contribution in [0.15, 0.2) is 0 Å². The number of ether oxygens (including phenoxy) is 2. The Morgan fingerprint density at radius 1 is 1.29 bits per heavy atom. The van der Waals surface area contributed by atoms with Crippen molar-refractivity contribution in [2.75, 3.05) is 20.0 Å². The van der Waals surface area contributed by atoms with E-state index in [0.29, 0.717) is 0 Å². The SMILES string of the molecule is FC1COCOC1. The van der Waals surface area contributed by atoms with Crippen LogP contribution in [0.2, 0.25) is 0 Å². The van der Waals surface area contributed by atoms with Gasteiger partial charge in [-0.2, -0.15) is 0 Å².